The van der Waals surface area contributed by atoms with Crippen molar-refractivity contribution in [3.63, 3.8) is 0 Å². The molecule has 1 aromatic heterocycles. The van der Waals surface area contributed by atoms with Crippen molar-refractivity contribution in [2.75, 3.05) is 11.9 Å². The van der Waals surface area contributed by atoms with Gasteiger partial charge in [0.25, 0.3) is 11.8 Å². The lowest BCUT2D eigenvalue weighted by molar-refractivity contribution is -0.144. The maximum atomic E-state index is 11.6. The van der Waals surface area contributed by atoms with E-state index in [-0.39, 0.29) is 6.61 Å². The first-order valence-corrected chi connectivity index (χ1v) is 6.68. The van der Waals surface area contributed by atoms with E-state index in [2.05, 4.69) is 10.1 Å². The van der Waals surface area contributed by atoms with E-state index < -0.39 is 17.8 Å². The predicted molar refractivity (Wildman–Crippen MR) is 70.1 cm³/mol. The summed E-state index contributed by atoms with van der Waals surface area (Å²) in [7, 11) is 0. The van der Waals surface area contributed by atoms with Crippen molar-refractivity contribution in [2.45, 2.75) is 26.2 Å². The van der Waals surface area contributed by atoms with Crippen molar-refractivity contribution < 1.29 is 19.1 Å². The van der Waals surface area contributed by atoms with E-state index >= 15 is 0 Å². The number of carbonyl (C=O) groups excluding carboxylic acids is 3. The standard InChI is InChI=1S/C12H14N2O4S/c1-6(15)18-5-9(16)14-12-10(11(13)17)7-3-2-4-8(7)19-12/h2-5H2,1H3,(H2,13,17)(H,14,16). The van der Waals surface area contributed by atoms with Gasteiger partial charge in [-0.05, 0) is 24.8 Å². The molecule has 0 atom stereocenters. The lowest BCUT2D eigenvalue weighted by Gasteiger charge is -2.05. The van der Waals surface area contributed by atoms with Crippen LogP contribution >= 0.6 is 11.3 Å². The minimum Gasteiger partial charge on any atom is -0.456 e. The van der Waals surface area contributed by atoms with Crippen molar-refractivity contribution >= 4 is 34.1 Å². The van der Waals surface area contributed by atoms with Gasteiger partial charge in [0.1, 0.15) is 5.00 Å². The van der Waals surface area contributed by atoms with Crippen LogP contribution in [-0.4, -0.2) is 24.4 Å². The van der Waals surface area contributed by atoms with E-state index in [1.165, 1.54) is 18.3 Å². The molecule has 0 bridgehead atoms. The fourth-order valence-electron chi connectivity index (χ4n) is 2.08. The van der Waals surface area contributed by atoms with Crippen molar-refractivity contribution in [3.8, 4) is 0 Å². The van der Waals surface area contributed by atoms with E-state index in [0.29, 0.717) is 10.6 Å². The van der Waals surface area contributed by atoms with Gasteiger partial charge in [-0.3, -0.25) is 14.4 Å². The van der Waals surface area contributed by atoms with Gasteiger partial charge in [-0.25, -0.2) is 0 Å². The number of carbonyl (C=O) groups is 3. The summed E-state index contributed by atoms with van der Waals surface area (Å²) in [6, 6.07) is 0. The van der Waals surface area contributed by atoms with Gasteiger partial charge in [0.05, 0.1) is 5.56 Å². The summed E-state index contributed by atoms with van der Waals surface area (Å²) >= 11 is 1.37. The number of nitrogens with two attached hydrogens (primary N) is 1. The molecule has 102 valence electrons. The Morgan fingerprint density at radius 1 is 1.37 bits per heavy atom. The normalized spacial score (nSPS) is 12.9. The van der Waals surface area contributed by atoms with Crippen LogP contribution in [-0.2, 0) is 27.2 Å². The van der Waals surface area contributed by atoms with E-state index in [0.717, 1.165) is 29.7 Å². The molecule has 0 radical (unpaired) electrons. The Morgan fingerprint density at radius 2 is 2.11 bits per heavy atom. The van der Waals surface area contributed by atoms with Crippen LogP contribution in [0.4, 0.5) is 5.00 Å². The molecular weight excluding hydrogens is 268 g/mol. The van der Waals surface area contributed by atoms with Gasteiger partial charge in [-0.1, -0.05) is 0 Å². The molecule has 0 saturated heterocycles. The van der Waals surface area contributed by atoms with Crippen molar-refractivity contribution in [3.05, 3.63) is 16.0 Å². The number of fused-ring (bicyclic) bond motifs is 1. The van der Waals surface area contributed by atoms with E-state index in [9.17, 15) is 14.4 Å². The maximum absolute atomic E-state index is 11.6. The zero-order valence-electron chi connectivity index (χ0n) is 10.4. The molecule has 2 rings (SSSR count). The molecule has 1 aliphatic carbocycles. The highest BCUT2D eigenvalue weighted by atomic mass is 32.1. The number of anilines is 1. The molecule has 3 N–H and O–H groups in total. The molecule has 1 aromatic rings. The number of hydrogen-bond acceptors (Lipinski definition) is 5. The molecule has 0 aromatic carbocycles. The second-order valence-corrected chi connectivity index (χ2v) is 5.36. The van der Waals surface area contributed by atoms with Crippen LogP contribution in [0.2, 0.25) is 0 Å². The number of esters is 1. The minimum atomic E-state index is -0.540. The Labute approximate surface area is 113 Å². The lowest BCUT2D eigenvalue weighted by atomic mass is 10.1. The zero-order valence-corrected chi connectivity index (χ0v) is 11.3. The first-order chi connectivity index (χ1) is 8.99. The molecule has 0 fully saturated rings. The number of hydrogen-bond donors (Lipinski definition) is 2. The molecule has 1 aliphatic rings. The molecule has 0 saturated carbocycles. The van der Waals surface area contributed by atoms with E-state index in [1.54, 1.807) is 0 Å². The summed E-state index contributed by atoms with van der Waals surface area (Å²) in [6.07, 6.45) is 2.72. The summed E-state index contributed by atoms with van der Waals surface area (Å²) in [5.74, 6) is -1.54. The van der Waals surface area contributed by atoms with Crippen LogP contribution in [0.15, 0.2) is 0 Å². The number of nitrogens with one attached hydrogen (secondary N) is 1. The van der Waals surface area contributed by atoms with Gasteiger partial charge < -0.3 is 15.8 Å². The molecule has 2 amide bonds. The Bertz CT molecular complexity index is 550. The van der Waals surface area contributed by atoms with Crippen molar-refractivity contribution in [1.82, 2.24) is 0 Å². The van der Waals surface area contributed by atoms with Crippen LogP contribution in [0.25, 0.3) is 0 Å². The maximum Gasteiger partial charge on any atom is 0.303 e. The monoisotopic (exact) mass is 282 g/mol. The van der Waals surface area contributed by atoms with E-state index in [4.69, 9.17) is 5.73 Å². The second-order valence-electron chi connectivity index (χ2n) is 4.25. The molecule has 0 unspecified atom stereocenters. The van der Waals surface area contributed by atoms with Gasteiger partial charge in [0, 0.05) is 11.8 Å². The molecule has 0 aliphatic heterocycles. The molecule has 6 nitrogen and oxygen atoms in total. The average molecular weight is 282 g/mol. The average Bonchev–Trinajstić information content (AvgIpc) is 2.85. The highest BCUT2D eigenvalue weighted by Gasteiger charge is 2.26. The third-order valence-corrected chi connectivity index (χ3v) is 4.03. The van der Waals surface area contributed by atoms with Crippen LogP contribution in [0.1, 0.15) is 34.1 Å². The summed E-state index contributed by atoms with van der Waals surface area (Å²) < 4.78 is 4.59. The number of thiophene rings is 1. The van der Waals surface area contributed by atoms with Crippen LogP contribution in [0.5, 0.6) is 0 Å². The van der Waals surface area contributed by atoms with Gasteiger partial charge in [0.2, 0.25) is 0 Å². The smallest absolute Gasteiger partial charge is 0.303 e. The predicted octanol–water partition coefficient (Wildman–Crippen LogP) is 0.837. The minimum absolute atomic E-state index is 0.365. The highest BCUT2D eigenvalue weighted by molar-refractivity contribution is 7.17. The van der Waals surface area contributed by atoms with Crippen LogP contribution in [0, 0.1) is 0 Å². The summed E-state index contributed by atoms with van der Waals surface area (Å²) in [5.41, 5.74) is 6.70. The fraction of sp³-hybridized carbons (Fsp3) is 0.417. The molecule has 19 heavy (non-hydrogen) atoms. The Kier molecular flexibility index (Phi) is 3.84. The molecule has 7 heteroatoms. The Hall–Kier alpha value is -1.89. The van der Waals surface area contributed by atoms with Gasteiger partial charge in [-0.2, -0.15) is 0 Å². The molecule has 0 spiro atoms. The quantitative estimate of drug-likeness (QED) is 0.799. The summed E-state index contributed by atoms with van der Waals surface area (Å²) in [6.45, 7) is 0.859. The van der Waals surface area contributed by atoms with Crippen LogP contribution in [0.3, 0.4) is 0 Å². The number of rotatable bonds is 4. The molecular formula is C12H14N2O4S. The largest absolute Gasteiger partial charge is 0.456 e. The zero-order chi connectivity index (χ0) is 14.0. The van der Waals surface area contributed by atoms with E-state index in [1.807, 2.05) is 0 Å². The summed E-state index contributed by atoms with van der Waals surface area (Å²) in [4.78, 5) is 34.8. The summed E-state index contributed by atoms with van der Waals surface area (Å²) in [5, 5.41) is 3.03. The number of amides is 2. The van der Waals surface area contributed by atoms with Gasteiger partial charge in [-0.15, -0.1) is 11.3 Å². The van der Waals surface area contributed by atoms with Crippen molar-refractivity contribution in [1.29, 1.82) is 0 Å². The lowest BCUT2D eigenvalue weighted by Crippen LogP contribution is -2.22. The Balaban J connectivity index is 2.14. The van der Waals surface area contributed by atoms with Crippen LogP contribution < -0.4 is 11.1 Å². The number of primary amides is 1. The first kappa shape index (κ1) is 13.5. The third kappa shape index (κ3) is 2.93. The van der Waals surface area contributed by atoms with Gasteiger partial charge >= 0.3 is 5.97 Å². The first-order valence-electron chi connectivity index (χ1n) is 5.86. The SMILES string of the molecule is CC(=O)OCC(=O)Nc1sc2c(c1C(N)=O)CCC2. The third-order valence-electron chi connectivity index (χ3n) is 2.83. The van der Waals surface area contributed by atoms with Gasteiger partial charge in [0.15, 0.2) is 6.61 Å². The number of aryl methyl sites for hydroxylation is 1. The fourth-order valence-corrected chi connectivity index (χ4v) is 3.39. The highest BCUT2D eigenvalue weighted by Crippen LogP contribution is 2.38. The number of ether oxygens (including phenoxy) is 1. The second kappa shape index (κ2) is 5.40. The van der Waals surface area contributed by atoms with Crippen molar-refractivity contribution in [2.24, 2.45) is 5.73 Å². The Morgan fingerprint density at radius 3 is 2.74 bits per heavy atom. The molecule has 1 heterocycles. The topological polar surface area (TPSA) is 98.5 Å².